The van der Waals surface area contributed by atoms with Gasteiger partial charge in [-0.1, -0.05) is 57.5 Å². The number of carbonyl (C=O) groups excluding carboxylic acids is 1. The quantitative estimate of drug-likeness (QED) is 0.709. The van der Waals surface area contributed by atoms with Gasteiger partial charge in [0.1, 0.15) is 6.26 Å². The summed E-state index contributed by atoms with van der Waals surface area (Å²) in [7, 11) is 0. The maximum Gasteiger partial charge on any atom is 0.273 e. The van der Waals surface area contributed by atoms with Crippen LogP contribution in [0.4, 0.5) is 0 Å². The Kier molecular flexibility index (Phi) is 7.60. The van der Waals surface area contributed by atoms with Crippen LogP contribution in [-0.2, 0) is 13.1 Å². The summed E-state index contributed by atoms with van der Waals surface area (Å²) in [6, 6.07) is 8.95. The van der Waals surface area contributed by atoms with Crippen molar-refractivity contribution in [1.29, 1.82) is 0 Å². The first-order valence-corrected chi connectivity index (χ1v) is 9.78. The minimum Gasteiger partial charge on any atom is -0.447 e. The molecule has 1 aromatic carbocycles. The molecular weight excluding hydrogens is 338 g/mol. The average Bonchev–Trinajstić information content (AvgIpc) is 3.08. The highest BCUT2D eigenvalue weighted by Gasteiger charge is 2.21. The first kappa shape index (κ1) is 21.2. The van der Waals surface area contributed by atoms with Gasteiger partial charge in [-0.25, -0.2) is 4.98 Å². The summed E-state index contributed by atoms with van der Waals surface area (Å²) in [5, 5.41) is 2.88. The number of rotatable bonds is 9. The summed E-state index contributed by atoms with van der Waals surface area (Å²) in [5.41, 5.74) is 2.86. The summed E-state index contributed by atoms with van der Waals surface area (Å²) >= 11 is 0. The van der Waals surface area contributed by atoms with Crippen molar-refractivity contribution in [2.45, 2.75) is 60.7 Å². The van der Waals surface area contributed by atoms with Gasteiger partial charge in [-0.15, -0.1) is 0 Å². The van der Waals surface area contributed by atoms with Gasteiger partial charge in [0.25, 0.3) is 5.91 Å². The monoisotopic (exact) mass is 371 g/mol. The second-order valence-electron chi connectivity index (χ2n) is 8.11. The number of hydrogen-bond donors (Lipinski definition) is 1. The fraction of sp³-hybridized carbons (Fsp3) is 0.545. The van der Waals surface area contributed by atoms with E-state index in [1.165, 1.54) is 17.4 Å². The van der Waals surface area contributed by atoms with Crippen LogP contribution in [-0.4, -0.2) is 28.4 Å². The van der Waals surface area contributed by atoms with Gasteiger partial charge < -0.3 is 9.73 Å². The molecule has 0 radical (unpaired) electrons. The molecule has 148 valence electrons. The van der Waals surface area contributed by atoms with Gasteiger partial charge in [0, 0.05) is 19.1 Å². The Morgan fingerprint density at radius 2 is 1.78 bits per heavy atom. The van der Waals surface area contributed by atoms with Crippen LogP contribution >= 0.6 is 0 Å². The Morgan fingerprint density at radius 3 is 2.37 bits per heavy atom. The maximum atomic E-state index is 12.2. The van der Waals surface area contributed by atoms with Gasteiger partial charge in [-0.05, 0) is 31.2 Å². The highest BCUT2D eigenvalue weighted by molar-refractivity contribution is 5.91. The molecule has 0 bridgehead atoms. The SMILES string of the molecule is Cc1ccc(CN(Cc2nc(C(=O)NCC(C)C)co2)[C@H](C)C(C)C)cc1. The van der Waals surface area contributed by atoms with Crippen molar-refractivity contribution in [3.05, 3.63) is 53.2 Å². The lowest BCUT2D eigenvalue weighted by Crippen LogP contribution is -2.36. The summed E-state index contributed by atoms with van der Waals surface area (Å²) in [6.07, 6.45) is 1.45. The molecule has 0 aliphatic heterocycles. The number of aryl methyl sites for hydroxylation is 1. The molecule has 0 fully saturated rings. The van der Waals surface area contributed by atoms with E-state index in [1.54, 1.807) is 0 Å². The van der Waals surface area contributed by atoms with E-state index < -0.39 is 0 Å². The number of nitrogens with one attached hydrogen (secondary N) is 1. The Morgan fingerprint density at radius 1 is 1.11 bits per heavy atom. The van der Waals surface area contributed by atoms with E-state index in [9.17, 15) is 4.79 Å². The maximum absolute atomic E-state index is 12.2. The molecule has 5 nitrogen and oxygen atoms in total. The van der Waals surface area contributed by atoms with Crippen molar-refractivity contribution in [2.75, 3.05) is 6.54 Å². The minimum absolute atomic E-state index is 0.180. The van der Waals surface area contributed by atoms with Crippen molar-refractivity contribution in [2.24, 2.45) is 11.8 Å². The molecule has 0 saturated heterocycles. The van der Waals surface area contributed by atoms with Crippen LogP contribution in [0.5, 0.6) is 0 Å². The lowest BCUT2D eigenvalue weighted by atomic mass is 10.0. The Hall–Kier alpha value is -2.14. The van der Waals surface area contributed by atoms with Gasteiger partial charge in [0.15, 0.2) is 5.69 Å². The summed E-state index contributed by atoms with van der Waals surface area (Å²) in [4.78, 5) is 18.9. The van der Waals surface area contributed by atoms with E-state index in [1.807, 2.05) is 0 Å². The molecule has 0 saturated carbocycles. The average molecular weight is 372 g/mol. The van der Waals surface area contributed by atoms with E-state index >= 15 is 0 Å². The van der Waals surface area contributed by atoms with Gasteiger partial charge in [-0.2, -0.15) is 0 Å². The Balaban J connectivity index is 2.08. The number of benzene rings is 1. The zero-order valence-electron chi connectivity index (χ0n) is 17.5. The van der Waals surface area contributed by atoms with Crippen molar-refractivity contribution >= 4 is 5.91 Å². The molecule has 0 spiro atoms. The van der Waals surface area contributed by atoms with Crippen molar-refractivity contribution in [3.8, 4) is 0 Å². The molecule has 5 heteroatoms. The first-order valence-electron chi connectivity index (χ1n) is 9.78. The Labute approximate surface area is 163 Å². The number of oxazole rings is 1. The molecule has 27 heavy (non-hydrogen) atoms. The molecule has 1 amide bonds. The third-order valence-electron chi connectivity index (χ3n) is 4.84. The van der Waals surface area contributed by atoms with Crippen LogP contribution in [0.15, 0.2) is 34.9 Å². The highest BCUT2D eigenvalue weighted by atomic mass is 16.3. The second kappa shape index (κ2) is 9.70. The van der Waals surface area contributed by atoms with Crippen molar-refractivity contribution < 1.29 is 9.21 Å². The smallest absolute Gasteiger partial charge is 0.273 e. The topological polar surface area (TPSA) is 58.4 Å². The van der Waals surface area contributed by atoms with Crippen LogP contribution in [0.25, 0.3) is 0 Å². The highest BCUT2D eigenvalue weighted by Crippen LogP contribution is 2.18. The van der Waals surface area contributed by atoms with Crippen LogP contribution in [0, 0.1) is 18.8 Å². The van der Waals surface area contributed by atoms with Gasteiger partial charge >= 0.3 is 0 Å². The molecule has 0 aliphatic rings. The van der Waals surface area contributed by atoms with Crippen LogP contribution in [0.1, 0.15) is 62.1 Å². The van der Waals surface area contributed by atoms with E-state index in [4.69, 9.17) is 4.42 Å². The number of hydrogen-bond acceptors (Lipinski definition) is 4. The molecule has 1 aromatic heterocycles. The van der Waals surface area contributed by atoms with E-state index in [2.05, 4.69) is 81.0 Å². The molecule has 1 N–H and O–H groups in total. The lowest BCUT2D eigenvalue weighted by Gasteiger charge is -2.30. The number of aromatic nitrogens is 1. The molecule has 1 atom stereocenters. The number of carbonyl (C=O) groups is 1. The third-order valence-corrected chi connectivity index (χ3v) is 4.84. The molecule has 2 rings (SSSR count). The summed E-state index contributed by atoms with van der Waals surface area (Å²) in [5.74, 6) is 1.29. The predicted molar refractivity (Wildman–Crippen MR) is 108 cm³/mol. The number of nitrogens with zero attached hydrogens (tertiary/aromatic N) is 2. The number of amides is 1. The van der Waals surface area contributed by atoms with Crippen LogP contribution in [0.2, 0.25) is 0 Å². The lowest BCUT2D eigenvalue weighted by molar-refractivity contribution is 0.0943. The summed E-state index contributed by atoms with van der Waals surface area (Å²) < 4.78 is 5.60. The van der Waals surface area contributed by atoms with E-state index in [0.29, 0.717) is 42.6 Å². The zero-order valence-corrected chi connectivity index (χ0v) is 17.5. The Bertz CT molecular complexity index is 719. The summed E-state index contributed by atoms with van der Waals surface area (Å²) in [6.45, 7) is 14.9. The molecular formula is C22H33N3O2. The molecule has 0 aliphatic carbocycles. The minimum atomic E-state index is -0.180. The van der Waals surface area contributed by atoms with Crippen LogP contribution < -0.4 is 5.32 Å². The van der Waals surface area contributed by atoms with Crippen LogP contribution in [0.3, 0.4) is 0 Å². The molecule has 1 heterocycles. The predicted octanol–water partition coefficient (Wildman–Crippen LogP) is 4.42. The fourth-order valence-electron chi connectivity index (χ4n) is 2.74. The largest absolute Gasteiger partial charge is 0.447 e. The zero-order chi connectivity index (χ0) is 20.0. The van der Waals surface area contributed by atoms with Crippen molar-refractivity contribution in [1.82, 2.24) is 15.2 Å². The van der Waals surface area contributed by atoms with E-state index in [-0.39, 0.29) is 5.91 Å². The van der Waals surface area contributed by atoms with E-state index in [0.717, 1.165) is 6.54 Å². The van der Waals surface area contributed by atoms with Gasteiger partial charge in [-0.3, -0.25) is 9.69 Å². The third kappa shape index (κ3) is 6.51. The molecule has 0 unspecified atom stereocenters. The van der Waals surface area contributed by atoms with Crippen molar-refractivity contribution in [3.63, 3.8) is 0 Å². The first-order chi connectivity index (χ1) is 12.8. The molecule has 2 aromatic rings. The fourth-order valence-corrected chi connectivity index (χ4v) is 2.74. The standard InChI is InChI=1S/C22H33N3O2/c1-15(2)11-23-22(26)20-14-27-21(24-20)13-25(18(6)16(3)4)12-19-9-7-17(5)8-10-19/h7-10,14-16,18H,11-13H2,1-6H3,(H,23,26)/t18-/m1/s1. The second-order valence-corrected chi connectivity index (χ2v) is 8.11. The van der Waals surface area contributed by atoms with Gasteiger partial charge in [0.2, 0.25) is 5.89 Å². The van der Waals surface area contributed by atoms with Gasteiger partial charge in [0.05, 0.1) is 6.54 Å². The normalized spacial score (nSPS) is 12.8.